The number of hydrogen-bond donors (Lipinski definition) is 2. The molecule has 1 saturated carbocycles. The maximum atomic E-state index is 12.2. The lowest BCUT2D eigenvalue weighted by Gasteiger charge is -2.30. The second-order valence-electron chi connectivity index (χ2n) is 6.00. The zero-order valence-electron chi connectivity index (χ0n) is 12.1. The molecule has 2 amide bonds. The number of urea groups is 1. The number of hydrogen-bond acceptors (Lipinski definition) is 3. The van der Waals surface area contributed by atoms with Crippen LogP contribution >= 0.6 is 11.8 Å². The number of β-amino-alcohol motifs (C(OH)–C–C–N with tert-alkyl or cyclic N) is 1. The SMILES string of the molecule is O=C(NCC1(Sc2ccccc2)CC1)N1CCCC(O)C1. The first-order valence-electron chi connectivity index (χ1n) is 7.62. The highest BCUT2D eigenvalue weighted by Crippen LogP contribution is 2.51. The van der Waals surface area contributed by atoms with E-state index in [-0.39, 0.29) is 16.9 Å². The molecule has 2 aliphatic rings. The van der Waals surface area contributed by atoms with Gasteiger partial charge in [-0.2, -0.15) is 0 Å². The Morgan fingerprint density at radius 3 is 2.81 bits per heavy atom. The maximum absolute atomic E-state index is 12.2. The number of benzene rings is 1. The van der Waals surface area contributed by atoms with E-state index in [0.717, 1.165) is 32.2 Å². The second kappa shape index (κ2) is 6.28. The fourth-order valence-electron chi connectivity index (χ4n) is 2.68. The van der Waals surface area contributed by atoms with Gasteiger partial charge in [-0.1, -0.05) is 18.2 Å². The fourth-order valence-corrected chi connectivity index (χ4v) is 3.92. The van der Waals surface area contributed by atoms with Gasteiger partial charge in [0.15, 0.2) is 0 Å². The number of nitrogens with one attached hydrogen (secondary N) is 1. The maximum Gasteiger partial charge on any atom is 0.317 e. The van der Waals surface area contributed by atoms with Crippen molar-refractivity contribution in [2.24, 2.45) is 0 Å². The van der Waals surface area contributed by atoms with E-state index >= 15 is 0 Å². The quantitative estimate of drug-likeness (QED) is 0.898. The minimum Gasteiger partial charge on any atom is -0.391 e. The molecule has 2 N–H and O–H groups in total. The molecule has 0 bridgehead atoms. The summed E-state index contributed by atoms with van der Waals surface area (Å²) in [6.07, 6.45) is 3.62. The molecule has 21 heavy (non-hydrogen) atoms. The number of aliphatic hydroxyl groups excluding tert-OH is 1. The molecule has 114 valence electrons. The van der Waals surface area contributed by atoms with Crippen LogP contribution in [0.25, 0.3) is 0 Å². The van der Waals surface area contributed by atoms with Crippen LogP contribution in [0.4, 0.5) is 4.79 Å². The number of likely N-dealkylation sites (tertiary alicyclic amines) is 1. The summed E-state index contributed by atoms with van der Waals surface area (Å²) < 4.78 is 0.172. The van der Waals surface area contributed by atoms with Gasteiger partial charge in [-0.25, -0.2) is 4.79 Å². The summed E-state index contributed by atoms with van der Waals surface area (Å²) >= 11 is 1.86. The highest BCUT2D eigenvalue weighted by molar-refractivity contribution is 8.01. The average molecular weight is 306 g/mol. The Labute approximate surface area is 129 Å². The van der Waals surface area contributed by atoms with Crippen molar-refractivity contribution < 1.29 is 9.90 Å². The molecule has 1 atom stereocenters. The van der Waals surface area contributed by atoms with Gasteiger partial charge < -0.3 is 15.3 Å². The van der Waals surface area contributed by atoms with E-state index in [1.165, 1.54) is 4.90 Å². The van der Waals surface area contributed by atoms with E-state index in [1.807, 2.05) is 30.0 Å². The number of aliphatic hydroxyl groups is 1. The molecule has 0 spiro atoms. The molecule has 0 aromatic heterocycles. The van der Waals surface area contributed by atoms with E-state index in [4.69, 9.17) is 0 Å². The zero-order chi connectivity index (χ0) is 14.7. The van der Waals surface area contributed by atoms with E-state index < -0.39 is 0 Å². The predicted octanol–water partition coefficient (Wildman–Crippen LogP) is 2.48. The van der Waals surface area contributed by atoms with Crippen molar-refractivity contribution in [1.82, 2.24) is 10.2 Å². The Morgan fingerprint density at radius 1 is 1.38 bits per heavy atom. The number of thioether (sulfide) groups is 1. The molecule has 1 aromatic carbocycles. The molecule has 0 radical (unpaired) electrons. The average Bonchev–Trinajstić information content (AvgIpc) is 3.26. The van der Waals surface area contributed by atoms with Crippen molar-refractivity contribution >= 4 is 17.8 Å². The first kappa shape index (κ1) is 14.7. The monoisotopic (exact) mass is 306 g/mol. The molecule has 1 aliphatic heterocycles. The van der Waals surface area contributed by atoms with Crippen LogP contribution in [-0.4, -0.2) is 46.5 Å². The molecule has 1 aromatic rings. The Balaban J connectivity index is 1.49. The lowest BCUT2D eigenvalue weighted by molar-refractivity contribution is 0.0843. The number of carbonyl (C=O) groups is 1. The van der Waals surface area contributed by atoms with Crippen molar-refractivity contribution in [2.75, 3.05) is 19.6 Å². The van der Waals surface area contributed by atoms with Crippen LogP contribution < -0.4 is 5.32 Å². The highest BCUT2D eigenvalue weighted by Gasteiger charge is 2.44. The van der Waals surface area contributed by atoms with Crippen molar-refractivity contribution in [2.45, 2.75) is 41.4 Å². The summed E-state index contributed by atoms with van der Waals surface area (Å²) in [4.78, 5) is 15.2. The molecule has 1 saturated heterocycles. The third kappa shape index (κ3) is 3.92. The molecular formula is C16H22N2O2S. The van der Waals surface area contributed by atoms with Crippen LogP contribution in [0.15, 0.2) is 35.2 Å². The Kier molecular flexibility index (Phi) is 4.40. The summed E-state index contributed by atoms with van der Waals surface area (Å²) in [5.74, 6) is 0. The van der Waals surface area contributed by atoms with Crippen molar-refractivity contribution in [3.05, 3.63) is 30.3 Å². The largest absolute Gasteiger partial charge is 0.391 e. The van der Waals surface area contributed by atoms with Crippen LogP contribution in [0, 0.1) is 0 Å². The first-order valence-corrected chi connectivity index (χ1v) is 8.43. The van der Waals surface area contributed by atoms with Gasteiger partial charge in [0, 0.05) is 29.3 Å². The molecule has 4 nitrogen and oxygen atoms in total. The smallest absolute Gasteiger partial charge is 0.317 e. The minimum atomic E-state index is -0.363. The molecule has 2 fully saturated rings. The van der Waals surface area contributed by atoms with Gasteiger partial charge >= 0.3 is 6.03 Å². The molecular weight excluding hydrogens is 284 g/mol. The van der Waals surface area contributed by atoms with Gasteiger partial charge in [0.25, 0.3) is 0 Å². The van der Waals surface area contributed by atoms with E-state index in [1.54, 1.807) is 4.90 Å². The van der Waals surface area contributed by atoms with Crippen LogP contribution in [0.5, 0.6) is 0 Å². The summed E-state index contributed by atoms with van der Waals surface area (Å²) in [5.41, 5.74) is 0. The third-order valence-corrected chi connectivity index (χ3v) is 5.62. The fraction of sp³-hybridized carbons (Fsp3) is 0.562. The van der Waals surface area contributed by atoms with Crippen LogP contribution in [0.3, 0.4) is 0 Å². The number of nitrogens with zero attached hydrogens (tertiary/aromatic N) is 1. The van der Waals surface area contributed by atoms with Crippen LogP contribution in [-0.2, 0) is 0 Å². The Hall–Kier alpha value is -1.20. The number of rotatable bonds is 4. The van der Waals surface area contributed by atoms with Crippen molar-refractivity contribution in [3.63, 3.8) is 0 Å². The van der Waals surface area contributed by atoms with Gasteiger partial charge in [-0.3, -0.25) is 0 Å². The highest BCUT2D eigenvalue weighted by atomic mass is 32.2. The minimum absolute atomic E-state index is 0.0336. The van der Waals surface area contributed by atoms with Gasteiger partial charge in [0.1, 0.15) is 0 Å². The molecule has 1 unspecified atom stereocenters. The third-order valence-electron chi connectivity index (χ3n) is 4.13. The normalized spacial score (nSPS) is 23.7. The molecule has 5 heteroatoms. The number of piperidine rings is 1. The summed E-state index contributed by atoms with van der Waals surface area (Å²) in [5, 5.41) is 12.7. The zero-order valence-corrected chi connectivity index (χ0v) is 12.9. The summed E-state index contributed by atoms with van der Waals surface area (Å²) in [6.45, 7) is 1.92. The van der Waals surface area contributed by atoms with Gasteiger partial charge in [-0.05, 0) is 37.8 Å². The van der Waals surface area contributed by atoms with Crippen molar-refractivity contribution in [1.29, 1.82) is 0 Å². The molecule has 3 rings (SSSR count). The van der Waals surface area contributed by atoms with E-state index in [2.05, 4.69) is 17.4 Å². The number of amides is 2. The van der Waals surface area contributed by atoms with Crippen LogP contribution in [0.2, 0.25) is 0 Å². The molecule has 1 aliphatic carbocycles. The molecule has 1 heterocycles. The lowest BCUT2D eigenvalue weighted by Crippen LogP contribution is -2.48. The summed E-state index contributed by atoms with van der Waals surface area (Å²) in [7, 11) is 0. The van der Waals surface area contributed by atoms with E-state index in [0.29, 0.717) is 13.1 Å². The first-order chi connectivity index (χ1) is 10.2. The number of carbonyl (C=O) groups excluding carboxylic acids is 1. The Bertz CT molecular complexity index is 490. The summed E-state index contributed by atoms with van der Waals surface area (Å²) in [6, 6.07) is 10.3. The van der Waals surface area contributed by atoms with Gasteiger partial charge in [-0.15, -0.1) is 11.8 Å². The Morgan fingerprint density at radius 2 is 2.14 bits per heavy atom. The van der Waals surface area contributed by atoms with Gasteiger partial charge in [0.2, 0.25) is 0 Å². The van der Waals surface area contributed by atoms with E-state index in [9.17, 15) is 9.90 Å². The van der Waals surface area contributed by atoms with Crippen LogP contribution in [0.1, 0.15) is 25.7 Å². The topological polar surface area (TPSA) is 52.6 Å². The lowest BCUT2D eigenvalue weighted by atomic mass is 10.1. The van der Waals surface area contributed by atoms with Crippen molar-refractivity contribution in [3.8, 4) is 0 Å². The predicted molar refractivity (Wildman–Crippen MR) is 84.5 cm³/mol. The second-order valence-corrected chi connectivity index (χ2v) is 7.54. The van der Waals surface area contributed by atoms with Gasteiger partial charge in [0.05, 0.1) is 6.10 Å². The standard InChI is InChI=1S/C16H22N2O2S/c19-13-5-4-10-18(11-13)15(20)17-12-16(8-9-16)21-14-6-2-1-3-7-14/h1-3,6-7,13,19H,4-5,8-12H2,(H,17,20).